The molecule has 1 nitrogen and oxygen atoms in total. The summed E-state index contributed by atoms with van der Waals surface area (Å²) in [6.45, 7) is 0. The molecule has 0 saturated heterocycles. The van der Waals surface area contributed by atoms with Gasteiger partial charge in [-0.05, 0) is 24.3 Å². The molecule has 0 aliphatic carbocycles. The van der Waals surface area contributed by atoms with Gasteiger partial charge in [0.05, 0.1) is 7.11 Å². The smallest absolute Gasteiger partial charge is 0.120 e. The molecule has 0 saturated carbocycles. The quantitative estimate of drug-likeness (QED) is 0.622. The van der Waals surface area contributed by atoms with Crippen LogP contribution in [-0.4, -0.2) is 7.11 Å². The van der Waals surface area contributed by atoms with Crippen molar-refractivity contribution in [3.63, 3.8) is 0 Å². The van der Waals surface area contributed by atoms with Crippen LogP contribution in [-0.2, 0) is 0 Å². The Morgan fingerprint density at radius 3 is 3.00 bits per heavy atom. The lowest BCUT2D eigenvalue weighted by Crippen LogP contribution is -1.82. The normalized spacial score (nSPS) is 9.38. The van der Waals surface area contributed by atoms with Crippen molar-refractivity contribution in [1.82, 2.24) is 0 Å². The van der Waals surface area contributed by atoms with Crippen molar-refractivity contribution < 1.29 is 4.74 Å². The molecule has 0 atom stereocenters. The average Bonchev–Trinajstić information content (AvgIpc) is 2.19. The molecule has 0 aromatic heterocycles. The molecule has 1 rings (SSSR count). The van der Waals surface area contributed by atoms with Crippen LogP contribution in [0.3, 0.4) is 0 Å². The first-order valence-corrected chi connectivity index (χ1v) is 4.21. The van der Waals surface area contributed by atoms with Gasteiger partial charge in [-0.3, -0.25) is 0 Å². The summed E-state index contributed by atoms with van der Waals surface area (Å²) in [5.74, 6) is 6.51. The Hall–Kier alpha value is -1.39. The molecule has 1 aromatic carbocycles. The zero-order valence-corrected chi connectivity index (χ0v) is 8.01. The van der Waals surface area contributed by atoms with E-state index >= 15 is 0 Å². The highest BCUT2D eigenvalue weighted by Gasteiger charge is 1.89. The minimum Gasteiger partial charge on any atom is -0.497 e. The predicted octanol–water partition coefficient (Wildman–Crippen LogP) is 2.80. The van der Waals surface area contributed by atoms with Gasteiger partial charge in [-0.15, -0.1) is 0 Å². The van der Waals surface area contributed by atoms with E-state index < -0.39 is 0 Å². The fourth-order valence-corrected chi connectivity index (χ4v) is 0.920. The van der Waals surface area contributed by atoms with Gasteiger partial charge in [0.2, 0.25) is 0 Å². The van der Waals surface area contributed by atoms with Crippen LogP contribution in [0.2, 0.25) is 0 Å². The molecule has 66 valence electrons. The van der Waals surface area contributed by atoms with Gasteiger partial charge in [-0.1, -0.05) is 29.5 Å². The lowest BCUT2D eigenvalue weighted by atomic mass is 10.2. The number of hydrogen-bond donors (Lipinski definition) is 0. The van der Waals surface area contributed by atoms with E-state index in [0.717, 1.165) is 11.3 Å². The van der Waals surface area contributed by atoms with Crippen molar-refractivity contribution in [3.05, 3.63) is 41.4 Å². The van der Waals surface area contributed by atoms with Crippen molar-refractivity contribution in [2.45, 2.75) is 0 Å². The monoisotopic (exact) mass is 192 g/mol. The van der Waals surface area contributed by atoms with Gasteiger partial charge in [-0.2, -0.15) is 0 Å². The van der Waals surface area contributed by atoms with Crippen molar-refractivity contribution >= 4 is 11.6 Å². The Labute approximate surface area is 83.0 Å². The number of hydrogen-bond acceptors (Lipinski definition) is 1. The van der Waals surface area contributed by atoms with Crippen LogP contribution >= 0.6 is 11.6 Å². The lowest BCUT2D eigenvalue weighted by molar-refractivity contribution is 0.414. The Morgan fingerprint density at radius 1 is 1.46 bits per heavy atom. The zero-order chi connectivity index (χ0) is 9.52. The van der Waals surface area contributed by atoms with Crippen molar-refractivity contribution in [1.29, 1.82) is 0 Å². The second-order valence-electron chi connectivity index (χ2n) is 2.29. The van der Waals surface area contributed by atoms with Gasteiger partial charge in [0.25, 0.3) is 0 Å². The van der Waals surface area contributed by atoms with E-state index in [1.165, 1.54) is 5.54 Å². The van der Waals surface area contributed by atoms with Gasteiger partial charge in [0.1, 0.15) is 5.75 Å². The second kappa shape index (κ2) is 5.29. The van der Waals surface area contributed by atoms with Crippen LogP contribution in [0.1, 0.15) is 5.56 Å². The Balaban J connectivity index is 2.85. The number of allylic oxidation sites excluding steroid dienone is 1. The topological polar surface area (TPSA) is 9.23 Å². The maximum atomic E-state index is 5.32. The molecule has 13 heavy (non-hydrogen) atoms. The molecule has 1 aromatic rings. The summed E-state index contributed by atoms with van der Waals surface area (Å²) in [6, 6.07) is 7.56. The van der Waals surface area contributed by atoms with E-state index in [4.69, 9.17) is 16.3 Å². The third-order valence-electron chi connectivity index (χ3n) is 1.43. The fraction of sp³-hybridized carbons (Fsp3) is 0.0909. The largest absolute Gasteiger partial charge is 0.497 e. The van der Waals surface area contributed by atoms with Gasteiger partial charge in [0.15, 0.2) is 0 Å². The number of halogens is 1. The minimum absolute atomic E-state index is 0.807. The summed E-state index contributed by atoms with van der Waals surface area (Å²) in [5, 5.41) is 0. The maximum Gasteiger partial charge on any atom is 0.120 e. The molecular formula is C11H9ClO. The molecule has 0 spiro atoms. The summed E-state index contributed by atoms with van der Waals surface area (Å²) in [4.78, 5) is 0. The number of ether oxygens (including phenoxy) is 1. The summed E-state index contributed by atoms with van der Waals surface area (Å²) in [5.41, 5.74) is 2.29. The summed E-state index contributed by atoms with van der Waals surface area (Å²) in [6.07, 6.45) is 1.58. The fourth-order valence-electron chi connectivity index (χ4n) is 0.857. The second-order valence-corrected chi connectivity index (χ2v) is 2.55. The van der Waals surface area contributed by atoms with Crippen molar-refractivity contribution in [3.8, 4) is 17.6 Å². The lowest BCUT2D eigenvalue weighted by Gasteiger charge is -1.97. The van der Waals surface area contributed by atoms with Gasteiger partial charge in [-0.25, -0.2) is 0 Å². The molecule has 0 fully saturated rings. The van der Waals surface area contributed by atoms with E-state index in [9.17, 15) is 0 Å². The molecular weight excluding hydrogens is 184 g/mol. The molecule has 0 unspecified atom stereocenters. The highest BCUT2D eigenvalue weighted by Crippen LogP contribution is 2.11. The van der Waals surface area contributed by atoms with Crippen LogP contribution < -0.4 is 4.74 Å². The molecule has 0 N–H and O–H groups in total. The summed E-state index contributed by atoms with van der Waals surface area (Å²) < 4.78 is 5.05. The first kappa shape index (κ1) is 9.70. The number of rotatable bonds is 1. The summed E-state index contributed by atoms with van der Waals surface area (Å²) >= 11 is 5.32. The van der Waals surface area contributed by atoms with Crippen LogP contribution in [0.5, 0.6) is 5.75 Å². The molecule has 0 radical (unpaired) electrons. The molecule has 0 heterocycles. The van der Waals surface area contributed by atoms with Crippen molar-refractivity contribution in [2.75, 3.05) is 7.11 Å². The number of benzene rings is 1. The molecule has 2 heteroatoms. The highest BCUT2D eigenvalue weighted by atomic mass is 35.5. The summed E-state index contributed by atoms with van der Waals surface area (Å²) in [7, 11) is 1.63. The van der Waals surface area contributed by atoms with Crippen LogP contribution in [0.25, 0.3) is 0 Å². The Bertz CT molecular complexity index is 358. The molecule has 0 aliphatic heterocycles. The van der Waals surface area contributed by atoms with Crippen molar-refractivity contribution in [2.24, 2.45) is 0 Å². The predicted molar refractivity (Wildman–Crippen MR) is 54.9 cm³/mol. The van der Waals surface area contributed by atoms with E-state index in [-0.39, 0.29) is 0 Å². The number of methoxy groups -OCH3 is 1. The molecule has 0 amide bonds. The van der Waals surface area contributed by atoms with Gasteiger partial charge >= 0.3 is 0 Å². The Morgan fingerprint density at radius 2 is 2.31 bits per heavy atom. The minimum atomic E-state index is 0.807. The average molecular weight is 193 g/mol. The van der Waals surface area contributed by atoms with Crippen LogP contribution in [0.15, 0.2) is 35.9 Å². The third-order valence-corrected chi connectivity index (χ3v) is 1.56. The third kappa shape index (κ3) is 3.23. The Kier molecular flexibility index (Phi) is 3.95. The highest BCUT2D eigenvalue weighted by molar-refractivity contribution is 6.25. The standard InChI is InChI=1S/C11H9ClO/c1-13-11-7-4-6-10(9-11)5-2-3-8-12/h3-4,6-9H,1H3/b8-3-. The first-order chi connectivity index (χ1) is 6.36. The zero-order valence-electron chi connectivity index (χ0n) is 7.25. The van der Waals surface area contributed by atoms with E-state index in [0.29, 0.717) is 0 Å². The molecule has 0 bridgehead atoms. The van der Waals surface area contributed by atoms with Crippen LogP contribution in [0.4, 0.5) is 0 Å². The van der Waals surface area contributed by atoms with Gasteiger partial charge < -0.3 is 4.74 Å². The van der Waals surface area contributed by atoms with E-state index in [1.54, 1.807) is 13.2 Å². The SMILES string of the molecule is COc1cccc(C#C/C=C\Cl)c1. The van der Waals surface area contributed by atoms with E-state index in [2.05, 4.69) is 11.8 Å². The van der Waals surface area contributed by atoms with E-state index in [1.807, 2.05) is 24.3 Å². The first-order valence-electron chi connectivity index (χ1n) is 3.77. The van der Waals surface area contributed by atoms with Crippen LogP contribution in [0, 0.1) is 11.8 Å². The maximum absolute atomic E-state index is 5.32. The molecule has 0 aliphatic rings. The van der Waals surface area contributed by atoms with Gasteiger partial charge in [0, 0.05) is 11.1 Å².